The minimum absolute atomic E-state index is 0.00594. The van der Waals surface area contributed by atoms with Crippen molar-refractivity contribution in [1.82, 2.24) is 15.3 Å². The molecule has 6 rings (SSSR count). The number of piperidine rings is 1. The number of rotatable bonds is 4. The van der Waals surface area contributed by atoms with Crippen LogP contribution in [0.3, 0.4) is 0 Å². The fraction of sp³-hybridized carbons (Fsp3) is 0.519. The second-order valence-corrected chi connectivity index (χ2v) is 10.4. The van der Waals surface area contributed by atoms with Gasteiger partial charge in [-0.2, -0.15) is 0 Å². The van der Waals surface area contributed by atoms with Gasteiger partial charge in [0.25, 0.3) is 0 Å². The average molecular weight is 458 g/mol. The van der Waals surface area contributed by atoms with Gasteiger partial charge in [0.05, 0.1) is 18.7 Å². The molecule has 1 amide bonds. The number of amides is 1. The summed E-state index contributed by atoms with van der Waals surface area (Å²) in [6.07, 6.45) is 7.70. The number of carbonyl (C=O) groups is 1. The van der Waals surface area contributed by atoms with Gasteiger partial charge in [-0.1, -0.05) is 30.2 Å². The quantitative estimate of drug-likeness (QED) is 0.608. The molecule has 1 aromatic heterocycles. The number of hydrogen-bond donors (Lipinski definition) is 3. The fourth-order valence-electron chi connectivity index (χ4n) is 5.67. The van der Waals surface area contributed by atoms with Crippen molar-refractivity contribution < 1.29 is 9.90 Å². The standard InChI is InChI=1S/C27H31N5O2/c28-24-21-4-2-1-3-18(21)14-27(24)9-11-32(12-10-27)25-23(16-33)30-20(15-29-25)6-5-17-13-22(17)26(34)31-19-7-8-19/h1-4,15,17,19,22,24,33H,7-14,16,28H2,(H,31,34)/t17?,22?,24-/m1/s1. The third-order valence-electron chi connectivity index (χ3n) is 8.06. The number of aliphatic hydroxyl groups excluding tert-OH is 1. The van der Waals surface area contributed by atoms with E-state index in [1.54, 1.807) is 6.20 Å². The van der Waals surface area contributed by atoms with E-state index in [0.29, 0.717) is 17.4 Å². The number of aromatic nitrogens is 2. The maximum atomic E-state index is 12.1. The summed E-state index contributed by atoms with van der Waals surface area (Å²) in [7, 11) is 0. The lowest BCUT2D eigenvalue weighted by Gasteiger charge is -2.42. The number of benzene rings is 1. The van der Waals surface area contributed by atoms with Crippen LogP contribution in [0.25, 0.3) is 0 Å². The highest BCUT2D eigenvalue weighted by molar-refractivity contribution is 5.82. The molecule has 1 aromatic carbocycles. The summed E-state index contributed by atoms with van der Waals surface area (Å²) in [5.74, 6) is 7.21. The summed E-state index contributed by atoms with van der Waals surface area (Å²) in [6, 6.07) is 9.00. The third kappa shape index (κ3) is 3.95. The number of carbonyl (C=O) groups excluding carboxylic acids is 1. The molecule has 3 atom stereocenters. The fourth-order valence-corrected chi connectivity index (χ4v) is 5.67. The molecule has 2 heterocycles. The molecule has 0 bridgehead atoms. The first kappa shape index (κ1) is 21.6. The van der Waals surface area contributed by atoms with Crippen LogP contribution in [-0.2, 0) is 17.8 Å². The third-order valence-corrected chi connectivity index (χ3v) is 8.06. The Morgan fingerprint density at radius 1 is 1.26 bits per heavy atom. The zero-order valence-electron chi connectivity index (χ0n) is 19.3. The van der Waals surface area contributed by atoms with E-state index in [9.17, 15) is 9.90 Å². The van der Waals surface area contributed by atoms with Crippen molar-refractivity contribution in [2.45, 2.75) is 57.2 Å². The van der Waals surface area contributed by atoms with E-state index >= 15 is 0 Å². The topological polar surface area (TPSA) is 104 Å². The van der Waals surface area contributed by atoms with E-state index in [1.165, 1.54) is 11.1 Å². The molecule has 2 saturated carbocycles. The van der Waals surface area contributed by atoms with Gasteiger partial charge in [0.2, 0.25) is 5.91 Å². The first-order valence-electron chi connectivity index (χ1n) is 12.4. The zero-order chi connectivity index (χ0) is 23.3. The Morgan fingerprint density at radius 3 is 2.79 bits per heavy atom. The van der Waals surface area contributed by atoms with Crippen LogP contribution in [0, 0.1) is 29.1 Å². The van der Waals surface area contributed by atoms with E-state index in [1.807, 2.05) is 0 Å². The molecule has 34 heavy (non-hydrogen) atoms. The number of fused-ring (bicyclic) bond motifs is 1. The van der Waals surface area contributed by atoms with Gasteiger partial charge in [-0.3, -0.25) is 4.79 Å². The van der Waals surface area contributed by atoms with Gasteiger partial charge in [0.15, 0.2) is 5.82 Å². The predicted molar refractivity (Wildman–Crippen MR) is 129 cm³/mol. The minimum Gasteiger partial charge on any atom is -0.390 e. The van der Waals surface area contributed by atoms with E-state index in [2.05, 4.69) is 56.3 Å². The second kappa shape index (κ2) is 8.37. The normalized spacial score (nSPS) is 26.5. The summed E-state index contributed by atoms with van der Waals surface area (Å²) >= 11 is 0. The smallest absolute Gasteiger partial charge is 0.224 e. The molecule has 7 nitrogen and oxygen atoms in total. The van der Waals surface area contributed by atoms with Crippen molar-refractivity contribution in [2.75, 3.05) is 18.0 Å². The van der Waals surface area contributed by atoms with Crippen LogP contribution >= 0.6 is 0 Å². The molecular formula is C27H31N5O2. The molecule has 176 valence electrons. The van der Waals surface area contributed by atoms with Gasteiger partial charge >= 0.3 is 0 Å². The molecule has 3 aliphatic carbocycles. The highest BCUT2D eigenvalue weighted by Gasteiger charge is 2.46. The van der Waals surface area contributed by atoms with Gasteiger partial charge in [-0.25, -0.2) is 9.97 Å². The van der Waals surface area contributed by atoms with Crippen molar-refractivity contribution in [3.63, 3.8) is 0 Å². The molecule has 2 unspecified atom stereocenters. The lowest BCUT2D eigenvalue weighted by molar-refractivity contribution is -0.122. The molecule has 4 aliphatic rings. The van der Waals surface area contributed by atoms with Gasteiger partial charge < -0.3 is 21.1 Å². The van der Waals surface area contributed by atoms with E-state index < -0.39 is 0 Å². The largest absolute Gasteiger partial charge is 0.390 e. The van der Waals surface area contributed by atoms with E-state index in [4.69, 9.17) is 5.73 Å². The second-order valence-electron chi connectivity index (χ2n) is 10.4. The van der Waals surface area contributed by atoms with Gasteiger partial charge in [-0.15, -0.1) is 0 Å². The summed E-state index contributed by atoms with van der Waals surface area (Å²) in [5.41, 5.74) is 10.6. The molecular weight excluding hydrogens is 426 g/mol. The number of aliphatic hydroxyl groups is 1. The summed E-state index contributed by atoms with van der Waals surface area (Å²) < 4.78 is 0. The van der Waals surface area contributed by atoms with Crippen molar-refractivity contribution in [3.05, 3.63) is 53.0 Å². The molecule has 7 heteroatoms. The lowest BCUT2D eigenvalue weighted by atomic mass is 9.73. The van der Waals surface area contributed by atoms with Gasteiger partial charge in [-0.05, 0) is 61.0 Å². The van der Waals surface area contributed by atoms with Crippen LogP contribution < -0.4 is 16.0 Å². The Labute approximate surface area is 200 Å². The lowest BCUT2D eigenvalue weighted by Crippen LogP contribution is -2.45. The van der Waals surface area contributed by atoms with Crippen LogP contribution in [0.5, 0.6) is 0 Å². The molecule has 0 radical (unpaired) electrons. The zero-order valence-corrected chi connectivity index (χ0v) is 19.3. The summed E-state index contributed by atoms with van der Waals surface area (Å²) in [5, 5.41) is 13.0. The Morgan fingerprint density at radius 2 is 2.06 bits per heavy atom. The van der Waals surface area contributed by atoms with Crippen LogP contribution in [0.4, 0.5) is 5.82 Å². The van der Waals surface area contributed by atoms with Crippen LogP contribution in [0.1, 0.15) is 60.7 Å². The maximum absolute atomic E-state index is 12.1. The van der Waals surface area contributed by atoms with Gasteiger partial charge in [0.1, 0.15) is 11.4 Å². The molecule has 3 fully saturated rings. The minimum atomic E-state index is -0.180. The maximum Gasteiger partial charge on any atom is 0.224 e. The summed E-state index contributed by atoms with van der Waals surface area (Å²) in [6.45, 7) is 1.50. The number of nitrogens with one attached hydrogen (secondary N) is 1. The number of nitrogens with zero attached hydrogens (tertiary/aromatic N) is 3. The Balaban J connectivity index is 1.11. The van der Waals surface area contributed by atoms with Crippen molar-refractivity contribution in [2.24, 2.45) is 23.0 Å². The first-order valence-corrected chi connectivity index (χ1v) is 12.4. The summed E-state index contributed by atoms with van der Waals surface area (Å²) in [4.78, 5) is 23.6. The monoisotopic (exact) mass is 457 g/mol. The number of hydrogen-bond acceptors (Lipinski definition) is 6. The van der Waals surface area contributed by atoms with Gasteiger partial charge in [0, 0.05) is 31.1 Å². The highest BCUT2D eigenvalue weighted by Crippen LogP contribution is 2.51. The number of anilines is 1. The Bertz CT molecular complexity index is 1170. The van der Waals surface area contributed by atoms with Crippen LogP contribution in [0.2, 0.25) is 0 Å². The van der Waals surface area contributed by atoms with Crippen molar-refractivity contribution in [1.29, 1.82) is 0 Å². The SMILES string of the molecule is N[C@@H]1c2ccccc2CC12CCN(c1ncc(C#CC3CC3C(=O)NC3CC3)nc1CO)CC2. The Hall–Kier alpha value is -2.95. The molecule has 1 aliphatic heterocycles. The van der Waals surface area contributed by atoms with Crippen molar-refractivity contribution >= 4 is 11.7 Å². The molecule has 2 aromatic rings. The first-order chi connectivity index (χ1) is 16.6. The average Bonchev–Trinajstić information content (AvgIpc) is 3.79. The van der Waals surface area contributed by atoms with Crippen LogP contribution in [0.15, 0.2) is 30.5 Å². The molecule has 4 N–H and O–H groups in total. The van der Waals surface area contributed by atoms with E-state index in [0.717, 1.165) is 57.4 Å². The highest BCUT2D eigenvalue weighted by atomic mass is 16.3. The molecule has 1 spiro atoms. The van der Waals surface area contributed by atoms with E-state index in [-0.39, 0.29) is 35.8 Å². The predicted octanol–water partition coefficient (Wildman–Crippen LogP) is 2.08. The molecule has 1 saturated heterocycles. The van der Waals surface area contributed by atoms with Crippen molar-refractivity contribution in [3.8, 4) is 11.8 Å². The van der Waals surface area contributed by atoms with Crippen LogP contribution in [-0.4, -0.2) is 40.1 Å². The Kier molecular flexibility index (Phi) is 5.31. The number of nitrogens with two attached hydrogens (primary N) is 1.